The van der Waals surface area contributed by atoms with Crippen LogP contribution in [0.4, 0.5) is 0 Å². The highest BCUT2D eigenvalue weighted by atomic mass is 31.2. The molecule has 0 atom stereocenters. The van der Waals surface area contributed by atoms with Gasteiger partial charge in [0.15, 0.2) is 0 Å². The minimum Gasteiger partial charge on any atom is -0.344 e. The maximum absolute atomic E-state index is 2.73. The van der Waals surface area contributed by atoms with Crippen LogP contribution in [-0.4, -0.2) is 33.6 Å². The Balaban J connectivity index is -0.00000312. The number of hydrogen-bond acceptors (Lipinski definition) is 1. The molecule has 3 heteroatoms. The summed E-state index contributed by atoms with van der Waals surface area (Å²) in [5, 5.41) is 0. The molecule has 3 radical (unpaired) electrons. The zero-order valence-corrected chi connectivity index (χ0v) is 21.5. The first-order valence-corrected chi connectivity index (χ1v) is 15.3. The number of unbranched alkanes of at least 4 members (excludes halogenated alkanes) is 15. The molecule has 0 bridgehead atoms. The van der Waals surface area contributed by atoms with Crippen LogP contribution in [0.5, 0.6) is 0 Å². The summed E-state index contributed by atoms with van der Waals surface area (Å²) in [7, 11) is -0.636. The maximum Gasteiger partial charge on any atom is 0.0591 e. The topological polar surface area (TPSA) is 35.0 Å². The predicted octanol–water partition coefficient (Wildman–Crippen LogP) is 9.50. The Morgan fingerprint density at radius 1 is 0.393 bits per heavy atom. The SMILES string of the molecule is CCCCCCCC[P+](C)(CCCCCCCC)CCCCCCCC.N.[B]. The van der Waals surface area contributed by atoms with Gasteiger partial charge in [-0.3, -0.25) is 0 Å². The van der Waals surface area contributed by atoms with Gasteiger partial charge in [0.2, 0.25) is 0 Å². The molecule has 0 spiro atoms. The molecule has 0 aliphatic heterocycles. The van der Waals surface area contributed by atoms with Gasteiger partial charge in [-0.1, -0.05) is 97.8 Å². The Hall–Kier alpha value is 0.455. The molecular formula is C25H57BNP+. The highest BCUT2D eigenvalue weighted by molar-refractivity contribution is 7.75. The molecule has 0 amide bonds. The van der Waals surface area contributed by atoms with Gasteiger partial charge in [-0.2, -0.15) is 0 Å². The van der Waals surface area contributed by atoms with Gasteiger partial charge in [0.05, 0.1) is 18.5 Å². The molecule has 0 saturated heterocycles. The van der Waals surface area contributed by atoms with Crippen molar-refractivity contribution < 1.29 is 0 Å². The minimum absolute atomic E-state index is 0. The summed E-state index contributed by atoms with van der Waals surface area (Å²) in [4.78, 5) is 0. The zero-order valence-electron chi connectivity index (χ0n) is 20.6. The molecule has 28 heavy (non-hydrogen) atoms. The van der Waals surface area contributed by atoms with E-state index in [4.69, 9.17) is 0 Å². The third-order valence-electron chi connectivity index (χ3n) is 6.15. The fraction of sp³-hybridized carbons (Fsp3) is 1.00. The van der Waals surface area contributed by atoms with Crippen LogP contribution in [0.1, 0.15) is 136 Å². The van der Waals surface area contributed by atoms with E-state index >= 15 is 0 Å². The van der Waals surface area contributed by atoms with Gasteiger partial charge in [0.1, 0.15) is 0 Å². The summed E-state index contributed by atoms with van der Waals surface area (Å²) in [6.07, 6.45) is 31.2. The van der Waals surface area contributed by atoms with E-state index in [-0.39, 0.29) is 14.6 Å². The molecule has 3 N–H and O–H groups in total. The Kier molecular flexibility index (Phi) is 30.1. The lowest BCUT2D eigenvalue weighted by molar-refractivity contribution is 0.616. The van der Waals surface area contributed by atoms with Crippen molar-refractivity contribution in [3.05, 3.63) is 0 Å². The molecule has 0 aromatic heterocycles. The van der Waals surface area contributed by atoms with Crippen LogP contribution in [0.15, 0.2) is 0 Å². The lowest BCUT2D eigenvalue weighted by Gasteiger charge is -2.24. The second-order valence-electron chi connectivity index (χ2n) is 9.09. The second kappa shape index (κ2) is 25.5. The van der Waals surface area contributed by atoms with Crippen molar-refractivity contribution in [2.24, 2.45) is 0 Å². The normalized spacial score (nSPS) is 11.1. The third kappa shape index (κ3) is 22.7. The smallest absolute Gasteiger partial charge is 0.0591 e. The van der Waals surface area contributed by atoms with Crippen LogP contribution in [0.25, 0.3) is 0 Å². The van der Waals surface area contributed by atoms with Crippen LogP contribution in [0.3, 0.4) is 0 Å². The van der Waals surface area contributed by atoms with Gasteiger partial charge in [0, 0.05) is 22.3 Å². The van der Waals surface area contributed by atoms with Crippen LogP contribution in [0, 0.1) is 0 Å². The predicted molar refractivity (Wildman–Crippen MR) is 138 cm³/mol. The number of rotatable bonds is 21. The summed E-state index contributed by atoms with van der Waals surface area (Å²) in [6, 6.07) is 0. The van der Waals surface area contributed by atoms with E-state index in [1.54, 1.807) is 18.5 Å². The van der Waals surface area contributed by atoms with Crippen molar-refractivity contribution in [2.45, 2.75) is 136 Å². The van der Waals surface area contributed by atoms with Crippen LogP contribution >= 0.6 is 7.26 Å². The molecule has 0 aromatic carbocycles. The Labute approximate surface area is 183 Å². The van der Waals surface area contributed by atoms with Crippen LogP contribution < -0.4 is 6.15 Å². The molecule has 0 rings (SSSR count). The van der Waals surface area contributed by atoms with Crippen LogP contribution in [-0.2, 0) is 0 Å². The highest BCUT2D eigenvalue weighted by Gasteiger charge is 2.29. The zero-order chi connectivity index (χ0) is 19.3. The molecule has 0 aliphatic rings. The fourth-order valence-corrected chi connectivity index (χ4v) is 7.79. The summed E-state index contributed by atoms with van der Waals surface area (Å²) in [5.41, 5.74) is 0. The molecule has 0 aromatic rings. The van der Waals surface area contributed by atoms with Gasteiger partial charge >= 0.3 is 0 Å². The van der Waals surface area contributed by atoms with E-state index in [2.05, 4.69) is 27.4 Å². The molecule has 1 nitrogen and oxygen atoms in total. The largest absolute Gasteiger partial charge is 0.344 e. The molecule has 0 aliphatic carbocycles. The Morgan fingerprint density at radius 3 is 0.857 bits per heavy atom. The van der Waals surface area contributed by atoms with Crippen molar-refractivity contribution in [3.63, 3.8) is 0 Å². The van der Waals surface area contributed by atoms with Crippen molar-refractivity contribution >= 4 is 15.7 Å². The average Bonchev–Trinajstić information content (AvgIpc) is 2.64. The standard InChI is InChI=1S/C25H54P.B.H3N/c1-5-8-11-14-17-20-23-26(4,24-21-18-15-12-9-6-2)25-22-19-16-13-10-7-3;;/h5-25H2,1-4H3;;1H3/q+1;;. The van der Waals surface area contributed by atoms with Gasteiger partial charge in [-0.05, 0) is 38.5 Å². The third-order valence-corrected chi connectivity index (χ3v) is 10.3. The molecule has 0 fully saturated rings. The molecular weight excluding hydrogens is 356 g/mol. The van der Waals surface area contributed by atoms with Crippen molar-refractivity contribution in [1.29, 1.82) is 0 Å². The van der Waals surface area contributed by atoms with Gasteiger partial charge in [-0.25, -0.2) is 0 Å². The Morgan fingerprint density at radius 2 is 0.607 bits per heavy atom. The van der Waals surface area contributed by atoms with E-state index < -0.39 is 7.26 Å². The maximum atomic E-state index is 2.73. The molecule has 0 unspecified atom stereocenters. The molecule has 0 saturated carbocycles. The summed E-state index contributed by atoms with van der Waals surface area (Å²) in [5.74, 6) is 0. The van der Waals surface area contributed by atoms with E-state index in [9.17, 15) is 0 Å². The minimum atomic E-state index is -0.636. The van der Waals surface area contributed by atoms with E-state index in [1.165, 1.54) is 116 Å². The number of hydrogen-bond donors (Lipinski definition) is 1. The first-order valence-electron chi connectivity index (χ1n) is 12.5. The van der Waals surface area contributed by atoms with Crippen LogP contribution in [0.2, 0.25) is 0 Å². The first kappa shape index (κ1) is 33.1. The van der Waals surface area contributed by atoms with Gasteiger partial charge < -0.3 is 6.15 Å². The molecule has 0 heterocycles. The Bertz CT molecular complexity index is 232. The monoisotopic (exact) mass is 413 g/mol. The summed E-state index contributed by atoms with van der Waals surface area (Å²) in [6.45, 7) is 9.70. The second-order valence-corrected chi connectivity index (χ2v) is 13.7. The summed E-state index contributed by atoms with van der Waals surface area (Å²) < 4.78 is 0. The van der Waals surface area contributed by atoms with E-state index in [1.807, 2.05) is 0 Å². The van der Waals surface area contributed by atoms with Gasteiger partial charge in [-0.15, -0.1) is 0 Å². The van der Waals surface area contributed by atoms with Crippen molar-refractivity contribution in [3.8, 4) is 0 Å². The highest BCUT2D eigenvalue weighted by Crippen LogP contribution is 2.57. The van der Waals surface area contributed by atoms with Crippen molar-refractivity contribution in [1.82, 2.24) is 6.15 Å². The summed E-state index contributed by atoms with van der Waals surface area (Å²) >= 11 is 0. The first-order chi connectivity index (χ1) is 12.7. The quantitative estimate of drug-likeness (QED) is 0.113. The van der Waals surface area contributed by atoms with E-state index in [0.717, 1.165) is 0 Å². The van der Waals surface area contributed by atoms with Gasteiger partial charge in [0.25, 0.3) is 0 Å². The van der Waals surface area contributed by atoms with Crippen molar-refractivity contribution in [2.75, 3.05) is 25.2 Å². The molecule has 169 valence electrons. The lowest BCUT2D eigenvalue weighted by atomic mass is 10.1. The fourth-order valence-electron chi connectivity index (χ4n) is 4.16. The average molecular weight is 414 g/mol. The lowest BCUT2D eigenvalue weighted by Crippen LogP contribution is -2.08. The van der Waals surface area contributed by atoms with E-state index in [0.29, 0.717) is 0 Å².